The summed E-state index contributed by atoms with van der Waals surface area (Å²) in [6.45, 7) is 0. The van der Waals surface area contributed by atoms with E-state index in [1.807, 2.05) is 0 Å². The Labute approximate surface area is 108 Å². The Morgan fingerprint density at radius 3 is 2.63 bits per heavy atom. The zero-order chi connectivity index (χ0) is 13.8. The highest BCUT2D eigenvalue weighted by molar-refractivity contribution is 5.67. The normalized spacial score (nSPS) is 10.0. The first-order valence-electron chi connectivity index (χ1n) is 5.46. The molecule has 0 unspecified atom stereocenters. The molecule has 98 valence electrons. The Hall–Kier alpha value is -2.70. The van der Waals surface area contributed by atoms with Crippen molar-refractivity contribution in [1.29, 1.82) is 0 Å². The van der Waals surface area contributed by atoms with Crippen LogP contribution in [0, 0.1) is 15.9 Å². The van der Waals surface area contributed by atoms with E-state index in [-0.39, 0.29) is 17.2 Å². The number of benzene rings is 1. The quantitative estimate of drug-likeness (QED) is 0.654. The zero-order valence-electron chi connectivity index (χ0n) is 10.1. The first kappa shape index (κ1) is 12.7. The second-order valence-corrected chi connectivity index (χ2v) is 3.68. The molecular weight excluding hydrogens is 251 g/mol. The van der Waals surface area contributed by atoms with E-state index in [0.29, 0.717) is 5.82 Å². The molecule has 1 aromatic carbocycles. The Morgan fingerprint density at radius 1 is 1.26 bits per heavy atom. The molecule has 0 radical (unpaired) electrons. The summed E-state index contributed by atoms with van der Waals surface area (Å²) in [7, 11) is 1.64. The van der Waals surface area contributed by atoms with Crippen LogP contribution in [0.3, 0.4) is 0 Å². The Balaban J connectivity index is 2.43. The lowest BCUT2D eigenvalue weighted by atomic mass is 10.3. The summed E-state index contributed by atoms with van der Waals surface area (Å²) in [5, 5.41) is 16.3. The molecule has 0 saturated carbocycles. The SMILES string of the molecule is CNc1ccc([N+](=O)[O-])c(Nc2ccccc2F)n1. The van der Waals surface area contributed by atoms with Gasteiger partial charge in [-0.3, -0.25) is 10.1 Å². The largest absolute Gasteiger partial charge is 0.373 e. The minimum absolute atomic E-state index is 0.0121. The number of hydrogen-bond acceptors (Lipinski definition) is 5. The number of pyridine rings is 1. The lowest BCUT2D eigenvalue weighted by molar-refractivity contribution is -0.384. The van der Waals surface area contributed by atoms with Gasteiger partial charge >= 0.3 is 5.69 Å². The molecule has 0 saturated heterocycles. The van der Waals surface area contributed by atoms with Crippen molar-refractivity contribution < 1.29 is 9.31 Å². The summed E-state index contributed by atoms with van der Waals surface area (Å²) in [5.74, 6) is -0.0696. The van der Waals surface area contributed by atoms with Crippen molar-refractivity contribution in [3.05, 3.63) is 52.3 Å². The highest BCUT2D eigenvalue weighted by atomic mass is 19.1. The van der Waals surface area contributed by atoms with Crippen molar-refractivity contribution in [3.8, 4) is 0 Å². The predicted molar refractivity (Wildman–Crippen MR) is 70.1 cm³/mol. The van der Waals surface area contributed by atoms with E-state index in [2.05, 4.69) is 15.6 Å². The standard InChI is InChI=1S/C12H11FN4O2/c1-14-11-7-6-10(17(18)19)12(16-11)15-9-5-3-2-4-8(9)13/h2-7H,1H3,(H2,14,15,16). The van der Waals surface area contributed by atoms with Gasteiger partial charge in [-0.15, -0.1) is 0 Å². The molecule has 0 aliphatic heterocycles. The molecular formula is C12H11FN4O2. The number of nitrogens with one attached hydrogen (secondary N) is 2. The van der Waals surface area contributed by atoms with Gasteiger partial charge in [-0.05, 0) is 18.2 Å². The molecule has 0 aliphatic rings. The van der Waals surface area contributed by atoms with Gasteiger partial charge in [-0.25, -0.2) is 9.37 Å². The smallest absolute Gasteiger partial charge is 0.311 e. The monoisotopic (exact) mass is 262 g/mol. The summed E-state index contributed by atoms with van der Waals surface area (Å²) in [6, 6.07) is 8.68. The first-order chi connectivity index (χ1) is 9.11. The van der Waals surface area contributed by atoms with Gasteiger partial charge in [-0.1, -0.05) is 12.1 Å². The van der Waals surface area contributed by atoms with Crippen molar-refractivity contribution in [2.24, 2.45) is 0 Å². The second kappa shape index (κ2) is 5.30. The molecule has 7 heteroatoms. The fraction of sp³-hybridized carbons (Fsp3) is 0.0833. The van der Waals surface area contributed by atoms with E-state index in [9.17, 15) is 14.5 Å². The van der Waals surface area contributed by atoms with Gasteiger partial charge in [0.2, 0.25) is 5.82 Å². The maximum Gasteiger partial charge on any atom is 0.311 e. The molecule has 2 rings (SSSR count). The topological polar surface area (TPSA) is 80.1 Å². The minimum Gasteiger partial charge on any atom is -0.373 e. The van der Waals surface area contributed by atoms with Crippen molar-refractivity contribution in [2.45, 2.75) is 0 Å². The van der Waals surface area contributed by atoms with E-state index in [4.69, 9.17) is 0 Å². The molecule has 2 aromatic rings. The van der Waals surface area contributed by atoms with Gasteiger partial charge in [0.05, 0.1) is 10.6 Å². The number of rotatable bonds is 4. The molecule has 19 heavy (non-hydrogen) atoms. The van der Waals surface area contributed by atoms with Crippen LogP contribution >= 0.6 is 0 Å². The van der Waals surface area contributed by atoms with Gasteiger partial charge < -0.3 is 10.6 Å². The van der Waals surface area contributed by atoms with Crippen LogP contribution < -0.4 is 10.6 Å². The number of hydrogen-bond donors (Lipinski definition) is 2. The first-order valence-corrected chi connectivity index (χ1v) is 5.46. The van der Waals surface area contributed by atoms with Crippen molar-refractivity contribution in [1.82, 2.24) is 4.98 Å². The molecule has 0 spiro atoms. The summed E-state index contributed by atoms with van der Waals surface area (Å²) in [6.07, 6.45) is 0. The van der Waals surface area contributed by atoms with Crippen LogP contribution in [0.2, 0.25) is 0 Å². The second-order valence-electron chi connectivity index (χ2n) is 3.68. The van der Waals surface area contributed by atoms with Crippen molar-refractivity contribution >= 4 is 23.0 Å². The fourth-order valence-corrected chi connectivity index (χ4v) is 1.52. The highest BCUT2D eigenvalue weighted by Gasteiger charge is 2.17. The summed E-state index contributed by atoms with van der Waals surface area (Å²) < 4.78 is 13.5. The molecule has 0 aliphatic carbocycles. The van der Waals surface area contributed by atoms with E-state index in [1.165, 1.54) is 30.3 Å². The van der Waals surface area contributed by atoms with Crippen molar-refractivity contribution in [2.75, 3.05) is 17.7 Å². The third-order valence-corrected chi connectivity index (χ3v) is 2.45. The van der Waals surface area contributed by atoms with E-state index in [1.54, 1.807) is 13.1 Å². The van der Waals surface area contributed by atoms with Gasteiger partial charge in [-0.2, -0.15) is 0 Å². The Kier molecular flexibility index (Phi) is 3.56. The van der Waals surface area contributed by atoms with E-state index >= 15 is 0 Å². The summed E-state index contributed by atoms with van der Waals surface area (Å²) in [4.78, 5) is 14.4. The average molecular weight is 262 g/mol. The molecule has 0 amide bonds. The predicted octanol–water partition coefficient (Wildman–Crippen LogP) is 2.91. The third-order valence-electron chi connectivity index (χ3n) is 2.45. The number of halogens is 1. The van der Waals surface area contributed by atoms with Crippen LogP contribution in [0.1, 0.15) is 0 Å². The minimum atomic E-state index is -0.574. The third kappa shape index (κ3) is 2.76. The molecule has 0 atom stereocenters. The zero-order valence-corrected chi connectivity index (χ0v) is 10.1. The van der Waals surface area contributed by atoms with Crippen LogP contribution in [0.5, 0.6) is 0 Å². The number of nitrogens with zero attached hydrogens (tertiary/aromatic N) is 2. The van der Waals surface area contributed by atoms with Gasteiger partial charge in [0.15, 0.2) is 0 Å². The lowest BCUT2D eigenvalue weighted by Gasteiger charge is -2.08. The van der Waals surface area contributed by atoms with E-state index < -0.39 is 10.7 Å². The highest BCUT2D eigenvalue weighted by Crippen LogP contribution is 2.28. The maximum absolute atomic E-state index is 13.5. The molecule has 0 fully saturated rings. The van der Waals surface area contributed by atoms with Crippen LogP contribution in [0.15, 0.2) is 36.4 Å². The van der Waals surface area contributed by atoms with Crippen LogP contribution in [-0.4, -0.2) is 17.0 Å². The Morgan fingerprint density at radius 2 is 2.00 bits per heavy atom. The summed E-state index contributed by atoms with van der Waals surface area (Å²) >= 11 is 0. The molecule has 1 heterocycles. The van der Waals surface area contributed by atoms with Gasteiger partial charge in [0.1, 0.15) is 11.6 Å². The van der Waals surface area contributed by atoms with Crippen LogP contribution in [-0.2, 0) is 0 Å². The molecule has 1 aromatic heterocycles. The number of aromatic nitrogens is 1. The van der Waals surface area contributed by atoms with E-state index in [0.717, 1.165) is 0 Å². The van der Waals surface area contributed by atoms with Crippen molar-refractivity contribution in [3.63, 3.8) is 0 Å². The maximum atomic E-state index is 13.5. The number of anilines is 3. The lowest BCUT2D eigenvalue weighted by Crippen LogP contribution is -2.03. The van der Waals surface area contributed by atoms with Crippen LogP contribution in [0.4, 0.5) is 27.4 Å². The fourth-order valence-electron chi connectivity index (χ4n) is 1.52. The van der Waals surface area contributed by atoms with Gasteiger partial charge in [0, 0.05) is 13.1 Å². The van der Waals surface area contributed by atoms with Gasteiger partial charge in [0.25, 0.3) is 0 Å². The number of nitro groups is 1. The Bertz CT molecular complexity index is 618. The number of para-hydroxylation sites is 1. The molecule has 2 N–H and O–H groups in total. The van der Waals surface area contributed by atoms with Crippen LogP contribution in [0.25, 0.3) is 0 Å². The summed E-state index contributed by atoms with van der Waals surface area (Å²) in [5.41, 5.74) is -0.0893. The average Bonchev–Trinajstić information content (AvgIpc) is 2.41. The molecule has 0 bridgehead atoms. The molecule has 6 nitrogen and oxygen atoms in total.